The lowest BCUT2D eigenvalue weighted by atomic mass is 9.95. The molecule has 2 aromatic carbocycles. The number of piperidine rings is 1. The lowest BCUT2D eigenvalue weighted by Gasteiger charge is -2.30. The predicted octanol–water partition coefficient (Wildman–Crippen LogP) is 3.68. The first-order valence-corrected chi connectivity index (χ1v) is 10.2. The second kappa shape index (κ2) is 10.1. The summed E-state index contributed by atoms with van der Waals surface area (Å²) in [6.45, 7) is 6.29. The van der Waals surface area contributed by atoms with Gasteiger partial charge in [0.2, 0.25) is 11.8 Å². The van der Waals surface area contributed by atoms with Gasteiger partial charge in [-0.25, -0.2) is 0 Å². The highest BCUT2D eigenvalue weighted by Crippen LogP contribution is 2.26. The lowest BCUT2D eigenvalue weighted by molar-refractivity contribution is -0.121. The van der Waals surface area contributed by atoms with Gasteiger partial charge in [0, 0.05) is 11.6 Å². The summed E-state index contributed by atoms with van der Waals surface area (Å²) in [7, 11) is 0. The van der Waals surface area contributed by atoms with Crippen LogP contribution in [0.4, 0.5) is 11.4 Å². The van der Waals surface area contributed by atoms with Crippen molar-refractivity contribution < 1.29 is 14.3 Å². The number of hydrogen-bond donors (Lipinski definition) is 2. The van der Waals surface area contributed by atoms with Crippen molar-refractivity contribution in [1.82, 2.24) is 4.90 Å². The molecule has 1 aliphatic rings. The number of hydrogen-bond acceptors (Lipinski definition) is 4. The smallest absolute Gasteiger partial charge is 0.238 e. The summed E-state index contributed by atoms with van der Waals surface area (Å²) in [4.78, 5) is 27.0. The van der Waals surface area contributed by atoms with Gasteiger partial charge in [-0.2, -0.15) is 0 Å². The minimum absolute atomic E-state index is 0.0147. The number of likely N-dealkylation sites (tertiary alicyclic amines) is 1. The zero-order chi connectivity index (χ0) is 20.6. The number of carbonyl (C=O) groups excluding carboxylic acids is 2. The van der Waals surface area contributed by atoms with Crippen LogP contribution in [0.5, 0.6) is 5.75 Å². The molecule has 1 saturated heterocycles. The first-order chi connectivity index (χ1) is 14.0. The van der Waals surface area contributed by atoms with Crippen molar-refractivity contribution in [3.8, 4) is 5.75 Å². The molecule has 0 radical (unpaired) electrons. The Balaban J connectivity index is 1.45. The highest BCUT2D eigenvalue weighted by molar-refractivity contribution is 5.94. The highest BCUT2D eigenvalue weighted by atomic mass is 16.5. The molecule has 1 aliphatic heterocycles. The third kappa shape index (κ3) is 6.06. The molecule has 0 bridgehead atoms. The third-order valence-corrected chi connectivity index (χ3v) is 5.11. The van der Waals surface area contributed by atoms with E-state index in [2.05, 4.69) is 15.5 Å². The molecule has 0 spiro atoms. The number of rotatable bonds is 7. The van der Waals surface area contributed by atoms with Gasteiger partial charge < -0.3 is 15.4 Å². The summed E-state index contributed by atoms with van der Waals surface area (Å²) in [5, 5.41) is 5.92. The Morgan fingerprint density at radius 2 is 1.72 bits per heavy atom. The Morgan fingerprint density at radius 3 is 2.41 bits per heavy atom. The summed E-state index contributed by atoms with van der Waals surface area (Å²) in [5.74, 6) is 0.623. The Hall–Kier alpha value is -2.86. The van der Waals surface area contributed by atoms with Crippen LogP contribution in [-0.4, -0.2) is 43.0 Å². The molecule has 1 heterocycles. The van der Waals surface area contributed by atoms with Crippen LogP contribution in [0.3, 0.4) is 0 Å². The zero-order valence-corrected chi connectivity index (χ0v) is 17.1. The second-order valence-electron chi connectivity index (χ2n) is 7.38. The minimum atomic E-state index is -0.0545. The molecule has 154 valence electrons. The van der Waals surface area contributed by atoms with Crippen molar-refractivity contribution in [2.75, 3.05) is 36.9 Å². The Morgan fingerprint density at radius 1 is 1.03 bits per heavy atom. The van der Waals surface area contributed by atoms with Crippen molar-refractivity contribution in [2.24, 2.45) is 5.92 Å². The van der Waals surface area contributed by atoms with E-state index in [-0.39, 0.29) is 17.7 Å². The molecule has 0 unspecified atom stereocenters. The Kier molecular flexibility index (Phi) is 7.25. The maximum atomic E-state index is 12.7. The molecule has 29 heavy (non-hydrogen) atoms. The van der Waals surface area contributed by atoms with Gasteiger partial charge >= 0.3 is 0 Å². The van der Waals surface area contributed by atoms with E-state index < -0.39 is 0 Å². The van der Waals surface area contributed by atoms with Crippen molar-refractivity contribution in [3.05, 3.63) is 54.1 Å². The van der Waals surface area contributed by atoms with Gasteiger partial charge in [0.15, 0.2) is 0 Å². The van der Waals surface area contributed by atoms with Crippen LogP contribution in [0.25, 0.3) is 0 Å². The number of anilines is 2. The van der Waals surface area contributed by atoms with Crippen LogP contribution in [-0.2, 0) is 9.59 Å². The van der Waals surface area contributed by atoms with Crippen molar-refractivity contribution in [1.29, 1.82) is 0 Å². The number of nitrogens with zero attached hydrogens (tertiary/aromatic N) is 1. The molecule has 0 aliphatic carbocycles. The summed E-state index contributed by atoms with van der Waals surface area (Å²) < 4.78 is 5.57. The van der Waals surface area contributed by atoms with Gasteiger partial charge in [0.1, 0.15) is 5.75 Å². The quantitative estimate of drug-likeness (QED) is 0.750. The van der Waals surface area contributed by atoms with Crippen molar-refractivity contribution in [2.45, 2.75) is 26.7 Å². The topological polar surface area (TPSA) is 70.7 Å². The fourth-order valence-corrected chi connectivity index (χ4v) is 3.48. The molecule has 0 aromatic heterocycles. The average Bonchev–Trinajstić information content (AvgIpc) is 2.72. The van der Waals surface area contributed by atoms with Gasteiger partial charge in [0.25, 0.3) is 0 Å². The first kappa shape index (κ1) is 20.9. The minimum Gasteiger partial charge on any atom is -0.492 e. The van der Waals surface area contributed by atoms with E-state index in [4.69, 9.17) is 4.74 Å². The normalized spacial score (nSPS) is 15.0. The van der Waals surface area contributed by atoms with Crippen LogP contribution in [0.15, 0.2) is 48.5 Å². The van der Waals surface area contributed by atoms with Crippen LogP contribution in [0, 0.1) is 12.8 Å². The van der Waals surface area contributed by atoms with Crippen LogP contribution in [0.2, 0.25) is 0 Å². The molecule has 0 saturated carbocycles. The monoisotopic (exact) mass is 395 g/mol. The Bertz CT molecular complexity index is 828. The number of para-hydroxylation sites is 2. The predicted molar refractivity (Wildman–Crippen MR) is 115 cm³/mol. The van der Waals surface area contributed by atoms with E-state index in [1.807, 2.05) is 62.4 Å². The van der Waals surface area contributed by atoms with E-state index in [1.165, 1.54) is 0 Å². The number of carbonyl (C=O) groups is 2. The molecule has 2 aromatic rings. The van der Waals surface area contributed by atoms with Crippen LogP contribution >= 0.6 is 0 Å². The maximum Gasteiger partial charge on any atom is 0.238 e. The van der Waals surface area contributed by atoms with E-state index in [9.17, 15) is 9.59 Å². The molecular formula is C23H29N3O3. The maximum absolute atomic E-state index is 12.7. The molecule has 2 amide bonds. The van der Waals surface area contributed by atoms with E-state index in [1.54, 1.807) is 0 Å². The van der Waals surface area contributed by atoms with Gasteiger partial charge in [-0.15, -0.1) is 0 Å². The van der Waals surface area contributed by atoms with Gasteiger partial charge in [-0.1, -0.05) is 29.8 Å². The molecule has 3 rings (SSSR count). The third-order valence-electron chi connectivity index (χ3n) is 5.11. The summed E-state index contributed by atoms with van der Waals surface area (Å²) in [6.07, 6.45) is 1.47. The number of benzene rings is 2. The molecule has 2 N–H and O–H groups in total. The fraction of sp³-hybridized carbons (Fsp3) is 0.391. The number of amides is 2. The molecular weight excluding hydrogens is 366 g/mol. The molecule has 1 fully saturated rings. The van der Waals surface area contributed by atoms with Gasteiger partial charge in [0.05, 0.1) is 18.8 Å². The fourth-order valence-electron chi connectivity index (χ4n) is 3.48. The van der Waals surface area contributed by atoms with Crippen molar-refractivity contribution in [3.63, 3.8) is 0 Å². The zero-order valence-electron chi connectivity index (χ0n) is 17.1. The van der Waals surface area contributed by atoms with E-state index in [0.29, 0.717) is 24.6 Å². The van der Waals surface area contributed by atoms with E-state index >= 15 is 0 Å². The van der Waals surface area contributed by atoms with Crippen LogP contribution < -0.4 is 15.4 Å². The van der Waals surface area contributed by atoms with Crippen LogP contribution in [0.1, 0.15) is 25.3 Å². The van der Waals surface area contributed by atoms with Crippen molar-refractivity contribution >= 4 is 23.2 Å². The molecule has 6 nitrogen and oxygen atoms in total. The molecule has 6 heteroatoms. The van der Waals surface area contributed by atoms with Gasteiger partial charge in [-0.3, -0.25) is 14.5 Å². The Labute approximate surface area is 172 Å². The average molecular weight is 396 g/mol. The highest BCUT2D eigenvalue weighted by Gasteiger charge is 2.26. The molecule has 0 atom stereocenters. The number of nitrogens with one attached hydrogen (secondary N) is 2. The summed E-state index contributed by atoms with van der Waals surface area (Å²) in [5.41, 5.74) is 2.68. The lowest BCUT2D eigenvalue weighted by Crippen LogP contribution is -2.41. The van der Waals surface area contributed by atoms with Gasteiger partial charge in [-0.05, 0) is 64.0 Å². The van der Waals surface area contributed by atoms with E-state index in [0.717, 1.165) is 37.2 Å². The number of ether oxygens (including phenoxy) is 1. The SMILES string of the molecule is CCOc1ccccc1NC(=O)C1CCN(CC(=O)Nc2ccc(C)cc2)CC1. The standard InChI is InChI=1S/C23H29N3O3/c1-3-29-21-7-5-4-6-20(21)25-23(28)18-12-14-26(15-13-18)16-22(27)24-19-10-8-17(2)9-11-19/h4-11,18H,3,12-16H2,1-2H3,(H,24,27)(H,25,28). The second-order valence-corrected chi connectivity index (χ2v) is 7.38. The summed E-state index contributed by atoms with van der Waals surface area (Å²) >= 11 is 0. The first-order valence-electron chi connectivity index (χ1n) is 10.2. The largest absolute Gasteiger partial charge is 0.492 e. The summed E-state index contributed by atoms with van der Waals surface area (Å²) in [6, 6.07) is 15.2. The number of aryl methyl sites for hydroxylation is 1.